The number of ketones is 1. The minimum Gasteiger partial charge on any atom is -0.294 e. The van der Waals surface area contributed by atoms with Gasteiger partial charge < -0.3 is 0 Å². The maximum Gasteiger partial charge on any atom is 0.264 e. The fraction of sp³-hybridized carbons (Fsp3) is 0.109. The molecule has 0 spiro atoms. The van der Waals surface area contributed by atoms with E-state index in [-0.39, 0.29) is 11.3 Å². The SMILES string of the molecule is C=C(C)c1cc(Cl)c2c3c(Cl)cc4c(=O)n5c6cc7cc8ccccc8cc7cc6nc5c5cc(Cl)c(c6c(Cl)cc(C(C)=O)c1c26)c3c45.CC.Cc1cc2ccccc2cc1C. The number of Topliss-reactive ketones (excluding diaryl/α,β-unsaturated/α-hetero) is 1. The summed E-state index contributed by atoms with van der Waals surface area (Å²) in [4.78, 5) is 32.7. The third-order valence-corrected chi connectivity index (χ3v) is 13.7. The molecule has 63 heavy (non-hydrogen) atoms. The summed E-state index contributed by atoms with van der Waals surface area (Å²) < 4.78 is 1.66. The van der Waals surface area contributed by atoms with E-state index in [1.807, 2.05) is 57.2 Å². The number of hydrogen-bond acceptors (Lipinski definition) is 3. The number of pyridine rings is 1. The van der Waals surface area contributed by atoms with Gasteiger partial charge in [-0.15, -0.1) is 0 Å². The molecule has 0 aliphatic heterocycles. The maximum atomic E-state index is 14.6. The molecule has 0 saturated heterocycles. The summed E-state index contributed by atoms with van der Waals surface area (Å²) >= 11 is 28.7. The summed E-state index contributed by atoms with van der Waals surface area (Å²) in [6, 6.07) is 36.5. The first kappa shape index (κ1) is 41.0. The lowest BCUT2D eigenvalue weighted by Crippen LogP contribution is -2.13. The number of carbonyl (C=O) groups excluding carboxylic acids is 1. The van der Waals surface area contributed by atoms with E-state index >= 15 is 0 Å². The molecular weight excluding hydrogens is 862 g/mol. The van der Waals surface area contributed by atoms with Gasteiger partial charge in [0.1, 0.15) is 5.65 Å². The molecule has 0 bridgehead atoms. The Morgan fingerprint density at radius 1 is 0.524 bits per heavy atom. The number of hydrogen-bond donors (Lipinski definition) is 0. The van der Waals surface area contributed by atoms with Crippen molar-refractivity contribution in [3.63, 3.8) is 0 Å². The average molecular weight is 901 g/mol. The monoisotopic (exact) mass is 898 g/mol. The number of aromatic nitrogens is 2. The summed E-state index contributed by atoms with van der Waals surface area (Å²) in [6.45, 7) is 15.9. The first-order valence-corrected chi connectivity index (χ1v) is 22.3. The van der Waals surface area contributed by atoms with Gasteiger partial charge in [-0.25, -0.2) is 4.98 Å². The van der Waals surface area contributed by atoms with Gasteiger partial charge in [-0.05, 0) is 125 Å². The first-order chi connectivity index (χ1) is 30.3. The molecule has 2 aromatic heterocycles. The molecule has 0 N–H and O–H groups in total. The molecule has 0 aliphatic carbocycles. The van der Waals surface area contributed by atoms with Crippen LogP contribution >= 0.6 is 46.4 Å². The summed E-state index contributed by atoms with van der Waals surface area (Å²) in [7, 11) is 0. The van der Waals surface area contributed by atoms with Crippen molar-refractivity contribution in [3.05, 3.63) is 168 Å². The van der Waals surface area contributed by atoms with Crippen molar-refractivity contribution in [1.29, 1.82) is 0 Å². The van der Waals surface area contributed by atoms with Crippen LogP contribution in [-0.4, -0.2) is 15.2 Å². The van der Waals surface area contributed by atoms with Gasteiger partial charge in [0.05, 0.1) is 16.4 Å². The minimum absolute atomic E-state index is 0.150. The van der Waals surface area contributed by atoms with Crippen molar-refractivity contribution in [2.24, 2.45) is 0 Å². The van der Waals surface area contributed by atoms with Crippen LogP contribution in [0.5, 0.6) is 0 Å². The topological polar surface area (TPSA) is 51.4 Å². The molecule has 0 atom stereocenters. The van der Waals surface area contributed by atoms with Crippen molar-refractivity contribution in [2.45, 2.75) is 41.5 Å². The van der Waals surface area contributed by atoms with Crippen molar-refractivity contribution in [1.82, 2.24) is 9.38 Å². The largest absolute Gasteiger partial charge is 0.294 e. The lowest BCUT2D eigenvalue weighted by Gasteiger charge is -2.22. The Kier molecular flexibility index (Phi) is 9.81. The fourth-order valence-electron chi connectivity index (χ4n) is 9.57. The predicted molar refractivity (Wildman–Crippen MR) is 273 cm³/mol. The van der Waals surface area contributed by atoms with E-state index < -0.39 is 0 Å². The Morgan fingerprint density at radius 2 is 0.968 bits per heavy atom. The number of allylic oxidation sites excluding steroid dienone is 1. The van der Waals surface area contributed by atoms with Gasteiger partial charge in [-0.1, -0.05) is 133 Å². The molecule has 4 nitrogen and oxygen atoms in total. The molecule has 2 heterocycles. The number of benzene rings is 10. The van der Waals surface area contributed by atoms with Crippen LogP contribution in [0.4, 0.5) is 0 Å². The number of imidazole rings is 1. The normalized spacial score (nSPS) is 11.8. The average Bonchev–Trinajstić information content (AvgIpc) is 3.64. The lowest BCUT2D eigenvalue weighted by atomic mass is 9.83. The molecule has 0 saturated carbocycles. The second-order valence-corrected chi connectivity index (χ2v) is 17.8. The number of carbonyl (C=O) groups is 1. The number of nitrogens with zero attached hydrogens (tertiary/aromatic N) is 2. The molecule has 0 unspecified atom stereocenters. The van der Waals surface area contributed by atoms with Gasteiger partial charge in [0.15, 0.2) is 5.78 Å². The maximum absolute atomic E-state index is 14.6. The molecule has 10 aromatic carbocycles. The molecule has 12 rings (SSSR count). The van der Waals surface area contributed by atoms with E-state index in [9.17, 15) is 9.59 Å². The smallest absolute Gasteiger partial charge is 0.264 e. The fourth-order valence-corrected chi connectivity index (χ4v) is 10.8. The van der Waals surface area contributed by atoms with Crippen LogP contribution in [0.1, 0.15) is 54.7 Å². The van der Waals surface area contributed by atoms with Gasteiger partial charge in [-0.2, -0.15) is 0 Å². The zero-order chi connectivity index (χ0) is 44.3. The zero-order valence-electron chi connectivity index (χ0n) is 35.3. The van der Waals surface area contributed by atoms with E-state index in [4.69, 9.17) is 51.4 Å². The Bertz CT molecular complexity index is 3920. The highest BCUT2D eigenvalue weighted by Crippen LogP contribution is 2.53. The van der Waals surface area contributed by atoms with Gasteiger partial charge in [0, 0.05) is 74.1 Å². The predicted octanol–water partition coefficient (Wildman–Crippen LogP) is 17.1. The Morgan fingerprint density at radius 3 is 1.48 bits per heavy atom. The van der Waals surface area contributed by atoms with Crippen molar-refractivity contribution in [3.8, 4) is 0 Å². The van der Waals surface area contributed by atoms with Gasteiger partial charge >= 0.3 is 0 Å². The number of rotatable bonds is 2. The van der Waals surface area contributed by atoms with E-state index in [0.29, 0.717) is 96.2 Å². The zero-order valence-corrected chi connectivity index (χ0v) is 38.3. The van der Waals surface area contributed by atoms with Crippen LogP contribution in [0.2, 0.25) is 20.1 Å². The van der Waals surface area contributed by atoms with Gasteiger partial charge in [0.25, 0.3) is 5.56 Å². The Balaban J connectivity index is 0.000000289. The highest BCUT2D eigenvalue weighted by Gasteiger charge is 2.29. The van der Waals surface area contributed by atoms with Gasteiger partial charge in [-0.3, -0.25) is 14.0 Å². The quantitative estimate of drug-likeness (QED) is 0.0987. The highest BCUT2D eigenvalue weighted by atomic mass is 35.5. The van der Waals surface area contributed by atoms with E-state index in [1.54, 1.807) is 16.5 Å². The molecule has 12 aromatic rings. The summed E-state index contributed by atoms with van der Waals surface area (Å²) in [5, 5.41) is 14.8. The van der Waals surface area contributed by atoms with Crippen LogP contribution in [0.3, 0.4) is 0 Å². The molecular formula is C55H38Cl4N2O2. The van der Waals surface area contributed by atoms with Crippen LogP contribution in [-0.2, 0) is 0 Å². The Labute approximate surface area is 382 Å². The van der Waals surface area contributed by atoms with E-state index in [2.05, 4.69) is 81.1 Å². The van der Waals surface area contributed by atoms with Crippen LogP contribution in [0.15, 0.2) is 121 Å². The third-order valence-electron chi connectivity index (χ3n) is 12.5. The first-order valence-electron chi connectivity index (χ1n) is 20.8. The molecule has 0 aliphatic rings. The van der Waals surface area contributed by atoms with Crippen molar-refractivity contribution < 1.29 is 4.79 Å². The van der Waals surface area contributed by atoms with Crippen LogP contribution in [0.25, 0.3) is 108 Å². The second kappa shape index (κ2) is 15.1. The summed E-state index contributed by atoms with van der Waals surface area (Å²) in [5.74, 6) is -0.150. The van der Waals surface area contributed by atoms with Crippen molar-refractivity contribution in [2.75, 3.05) is 0 Å². The Hall–Kier alpha value is -6.01. The lowest BCUT2D eigenvalue weighted by molar-refractivity contribution is 0.101. The summed E-state index contributed by atoms with van der Waals surface area (Å²) in [5.41, 5.74) is 6.29. The van der Waals surface area contributed by atoms with Crippen LogP contribution < -0.4 is 5.56 Å². The third kappa shape index (κ3) is 6.07. The standard InChI is InChI=1S/C41H20Cl4N2O2.C12H12.C2H6/c1-16(2)22-12-26(42)34-37-29(45)15-25-33-24(14-28(44)36(39(33)37)35-27(43)13-23(17(3)48)32(22)38(34)35)40-46-30-10-20-8-18-6-4-5-7-19(18)9-21(20)11-31(30)47(40)41(25)49;1-9-7-11-5-3-4-6-12(11)8-10(9)2;1-2/h4-15H,1H2,2-3H3;3-8H,1-2H3;1-2H3. The van der Waals surface area contributed by atoms with Gasteiger partial charge in [0.2, 0.25) is 0 Å². The number of fused-ring (bicyclic) bond motifs is 9. The molecule has 0 amide bonds. The molecule has 8 heteroatoms. The second-order valence-electron chi connectivity index (χ2n) is 16.2. The van der Waals surface area contributed by atoms with E-state index in [0.717, 1.165) is 32.7 Å². The number of halogens is 4. The highest BCUT2D eigenvalue weighted by molar-refractivity contribution is 6.55. The molecule has 0 radical (unpaired) electrons. The molecule has 308 valence electrons. The number of aryl methyl sites for hydroxylation is 2. The van der Waals surface area contributed by atoms with Crippen molar-refractivity contribution >= 4 is 161 Å². The summed E-state index contributed by atoms with van der Waals surface area (Å²) in [6.07, 6.45) is 0. The molecule has 0 fully saturated rings. The van der Waals surface area contributed by atoms with Crippen LogP contribution in [0, 0.1) is 13.8 Å². The van der Waals surface area contributed by atoms with E-state index in [1.165, 1.54) is 28.8 Å². The minimum atomic E-state index is -0.246.